The molecule has 5 atom stereocenters. The minimum atomic E-state index is -0.219. The summed E-state index contributed by atoms with van der Waals surface area (Å²) in [6, 6.07) is 0.308. The summed E-state index contributed by atoms with van der Waals surface area (Å²) in [5.74, 6) is 0.296. The number of nitrogens with one attached hydrogen (secondary N) is 2. The SMILES string of the molecule is C[C@@H]1OC(=O)C[C@@H]1NC(=O)[C@H]1N[C@H]2CC[C@@H]1C2. The average molecular weight is 238 g/mol. The van der Waals surface area contributed by atoms with Gasteiger partial charge in [0.15, 0.2) is 0 Å². The number of hydrogen-bond donors (Lipinski definition) is 2. The van der Waals surface area contributed by atoms with E-state index in [1.807, 2.05) is 6.92 Å². The summed E-state index contributed by atoms with van der Waals surface area (Å²) in [5, 5.41) is 6.29. The van der Waals surface area contributed by atoms with Crippen molar-refractivity contribution >= 4 is 11.9 Å². The monoisotopic (exact) mass is 238 g/mol. The van der Waals surface area contributed by atoms with Crippen LogP contribution >= 0.6 is 0 Å². The van der Waals surface area contributed by atoms with Gasteiger partial charge < -0.3 is 15.4 Å². The predicted molar refractivity (Wildman–Crippen MR) is 60.2 cm³/mol. The van der Waals surface area contributed by atoms with Crippen LogP contribution in [0, 0.1) is 5.92 Å². The lowest BCUT2D eigenvalue weighted by atomic mass is 9.98. The third-order valence-corrected chi connectivity index (χ3v) is 4.24. The zero-order valence-electron chi connectivity index (χ0n) is 9.94. The first-order valence-electron chi connectivity index (χ1n) is 6.39. The molecular formula is C12H18N2O3. The van der Waals surface area contributed by atoms with E-state index >= 15 is 0 Å². The molecule has 2 heterocycles. The van der Waals surface area contributed by atoms with E-state index in [2.05, 4.69) is 10.6 Å². The first-order chi connectivity index (χ1) is 8.13. The number of cyclic esters (lactones) is 1. The first-order valence-corrected chi connectivity index (χ1v) is 6.39. The van der Waals surface area contributed by atoms with E-state index in [0.29, 0.717) is 18.4 Å². The zero-order chi connectivity index (χ0) is 12.0. The van der Waals surface area contributed by atoms with Gasteiger partial charge in [0.25, 0.3) is 0 Å². The van der Waals surface area contributed by atoms with Gasteiger partial charge in [0.05, 0.1) is 18.5 Å². The molecule has 2 saturated heterocycles. The van der Waals surface area contributed by atoms with E-state index in [4.69, 9.17) is 4.74 Å². The van der Waals surface area contributed by atoms with Crippen molar-refractivity contribution in [3.8, 4) is 0 Å². The van der Waals surface area contributed by atoms with Crippen molar-refractivity contribution in [3.05, 3.63) is 0 Å². The van der Waals surface area contributed by atoms with Gasteiger partial charge in [-0.3, -0.25) is 9.59 Å². The van der Waals surface area contributed by atoms with Crippen molar-refractivity contribution in [1.82, 2.24) is 10.6 Å². The van der Waals surface area contributed by atoms with E-state index in [0.717, 1.165) is 12.8 Å². The van der Waals surface area contributed by atoms with Gasteiger partial charge in [0.2, 0.25) is 5.91 Å². The smallest absolute Gasteiger partial charge is 0.308 e. The molecule has 0 aromatic rings. The Kier molecular flexibility index (Phi) is 2.58. The number of amides is 1. The lowest BCUT2D eigenvalue weighted by Gasteiger charge is -2.24. The van der Waals surface area contributed by atoms with Crippen LogP contribution in [0.3, 0.4) is 0 Å². The Bertz CT molecular complexity index is 358. The summed E-state index contributed by atoms with van der Waals surface area (Å²) in [5.41, 5.74) is 0. The third-order valence-electron chi connectivity index (χ3n) is 4.24. The maximum atomic E-state index is 12.1. The van der Waals surface area contributed by atoms with Gasteiger partial charge in [0.1, 0.15) is 6.10 Å². The van der Waals surface area contributed by atoms with Crippen LogP contribution in [0.15, 0.2) is 0 Å². The number of carbonyl (C=O) groups excluding carboxylic acids is 2. The highest BCUT2D eigenvalue weighted by molar-refractivity contribution is 5.84. The molecule has 5 heteroatoms. The zero-order valence-corrected chi connectivity index (χ0v) is 9.94. The Morgan fingerprint density at radius 1 is 1.47 bits per heavy atom. The molecule has 17 heavy (non-hydrogen) atoms. The quantitative estimate of drug-likeness (QED) is 0.662. The summed E-state index contributed by atoms with van der Waals surface area (Å²) < 4.78 is 5.03. The topological polar surface area (TPSA) is 67.4 Å². The minimum absolute atomic E-state index is 0.0346. The summed E-state index contributed by atoms with van der Waals surface area (Å²) >= 11 is 0. The number of carbonyl (C=O) groups is 2. The van der Waals surface area contributed by atoms with E-state index in [1.165, 1.54) is 6.42 Å². The Labute approximate surface area is 100 Å². The Morgan fingerprint density at radius 2 is 2.29 bits per heavy atom. The van der Waals surface area contributed by atoms with Gasteiger partial charge in [-0.15, -0.1) is 0 Å². The highest BCUT2D eigenvalue weighted by atomic mass is 16.6. The molecule has 0 unspecified atom stereocenters. The number of ether oxygens (including phenoxy) is 1. The van der Waals surface area contributed by atoms with Crippen molar-refractivity contribution in [2.45, 2.75) is 56.8 Å². The second-order valence-corrected chi connectivity index (χ2v) is 5.43. The second kappa shape index (κ2) is 3.98. The van der Waals surface area contributed by atoms with Crippen LogP contribution in [0.4, 0.5) is 0 Å². The van der Waals surface area contributed by atoms with Crippen LogP contribution in [0.5, 0.6) is 0 Å². The molecule has 0 aromatic carbocycles. The molecule has 1 saturated carbocycles. The van der Waals surface area contributed by atoms with Crippen molar-refractivity contribution < 1.29 is 14.3 Å². The maximum Gasteiger partial charge on any atom is 0.308 e. The van der Waals surface area contributed by atoms with Crippen LogP contribution in [0.2, 0.25) is 0 Å². The summed E-state index contributed by atoms with van der Waals surface area (Å²) in [7, 11) is 0. The molecule has 2 bridgehead atoms. The molecule has 2 N–H and O–H groups in total. The van der Waals surface area contributed by atoms with Gasteiger partial charge in [-0.05, 0) is 32.1 Å². The number of hydrogen-bond acceptors (Lipinski definition) is 4. The van der Waals surface area contributed by atoms with Crippen molar-refractivity contribution in [3.63, 3.8) is 0 Å². The van der Waals surface area contributed by atoms with Gasteiger partial charge in [-0.2, -0.15) is 0 Å². The van der Waals surface area contributed by atoms with E-state index in [1.54, 1.807) is 0 Å². The number of fused-ring (bicyclic) bond motifs is 2. The largest absolute Gasteiger partial charge is 0.460 e. The number of esters is 1. The normalized spacial score (nSPS) is 43.8. The number of rotatable bonds is 2. The first kappa shape index (κ1) is 11.0. The Balaban J connectivity index is 1.59. The van der Waals surface area contributed by atoms with Crippen molar-refractivity contribution in [2.75, 3.05) is 0 Å². The molecule has 3 aliphatic rings. The Hall–Kier alpha value is -1.10. The van der Waals surface area contributed by atoms with Crippen LogP contribution in [-0.4, -0.2) is 36.1 Å². The fraction of sp³-hybridized carbons (Fsp3) is 0.833. The highest BCUT2D eigenvalue weighted by Gasteiger charge is 2.44. The molecule has 1 aliphatic carbocycles. The average Bonchev–Trinajstić information content (AvgIpc) is 2.94. The molecule has 0 radical (unpaired) electrons. The summed E-state index contributed by atoms with van der Waals surface area (Å²) in [4.78, 5) is 23.2. The van der Waals surface area contributed by atoms with Crippen LogP contribution in [0.25, 0.3) is 0 Å². The van der Waals surface area contributed by atoms with E-state index in [9.17, 15) is 9.59 Å². The third kappa shape index (κ3) is 1.92. The fourth-order valence-corrected chi connectivity index (χ4v) is 3.27. The molecule has 0 aromatic heterocycles. The van der Waals surface area contributed by atoms with Crippen LogP contribution < -0.4 is 10.6 Å². The lowest BCUT2D eigenvalue weighted by molar-refractivity contribution is -0.141. The molecule has 5 nitrogen and oxygen atoms in total. The van der Waals surface area contributed by atoms with E-state index < -0.39 is 0 Å². The van der Waals surface area contributed by atoms with Crippen LogP contribution in [0.1, 0.15) is 32.6 Å². The summed E-state index contributed by atoms with van der Waals surface area (Å²) in [6.45, 7) is 1.82. The maximum absolute atomic E-state index is 12.1. The van der Waals surface area contributed by atoms with Crippen LogP contribution in [-0.2, 0) is 14.3 Å². The fourth-order valence-electron chi connectivity index (χ4n) is 3.27. The highest BCUT2D eigenvalue weighted by Crippen LogP contribution is 2.35. The Morgan fingerprint density at radius 3 is 2.82 bits per heavy atom. The molecular weight excluding hydrogens is 220 g/mol. The lowest BCUT2D eigenvalue weighted by Crippen LogP contribution is -2.51. The number of piperidine rings is 1. The molecule has 2 aliphatic heterocycles. The van der Waals surface area contributed by atoms with Gasteiger partial charge in [-0.25, -0.2) is 0 Å². The molecule has 94 valence electrons. The second-order valence-electron chi connectivity index (χ2n) is 5.43. The van der Waals surface area contributed by atoms with Gasteiger partial charge in [-0.1, -0.05) is 0 Å². The standard InChI is InChI=1S/C12H18N2O3/c1-6-9(5-10(15)17-6)14-12(16)11-7-2-3-8(4-7)13-11/h6-9,11,13H,2-5H2,1H3,(H,14,16)/t6-,7+,8-,9-,11-/m0/s1. The summed E-state index contributed by atoms with van der Waals surface area (Å²) in [6.07, 6.45) is 3.55. The predicted octanol–water partition coefficient (Wildman–Crippen LogP) is -0.0529. The minimum Gasteiger partial charge on any atom is -0.460 e. The van der Waals surface area contributed by atoms with E-state index in [-0.39, 0.29) is 30.1 Å². The molecule has 3 fully saturated rings. The molecule has 1 amide bonds. The molecule has 3 rings (SSSR count). The van der Waals surface area contributed by atoms with Crippen molar-refractivity contribution in [1.29, 1.82) is 0 Å². The molecule has 0 spiro atoms. The van der Waals surface area contributed by atoms with Gasteiger partial charge >= 0.3 is 5.97 Å². The van der Waals surface area contributed by atoms with Gasteiger partial charge in [0, 0.05) is 6.04 Å². The van der Waals surface area contributed by atoms with Crippen molar-refractivity contribution in [2.24, 2.45) is 5.92 Å².